The third kappa shape index (κ3) is 5.71. The van der Waals surface area contributed by atoms with Gasteiger partial charge in [-0.25, -0.2) is 4.39 Å². The van der Waals surface area contributed by atoms with Crippen LogP contribution in [0.5, 0.6) is 5.75 Å². The van der Waals surface area contributed by atoms with Crippen molar-refractivity contribution in [3.8, 4) is 5.75 Å². The highest BCUT2D eigenvalue weighted by Crippen LogP contribution is 2.27. The molecule has 2 N–H and O–H groups in total. The first kappa shape index (κ1) is 15.8. The van der Waals surface area contributed by atoms with Crippen molar-refractivity contribution >= 4 is 5.91 Å². The van der Waals surface area contributed by atoms with Gasteiger partial charge in [-0.2, -0.15) is 0 Å². The summed E-state index contributed by atoms with van der Waals surface area (Å²) in [5.74, 6) is 0.100. The van der Waals surface area contributed by atoms with Gasteiger partial charge in [-0.15, -0.1) is 0 Å². The van der Waals surface area contributed by atoms with E-state index in [0.717, 1.165) is 5.56 Å². The Morgan fingerprint density at radius 2 is 2.19 bits per heavy atom. The van der Waals surface area contributed by atoms with Crippen LogP contribution in [0.25, 0.3) is 0 Å². The van der Waals surface area contributed by atoms with Gasteiger partial charge in [0.25, 0.3) is 5.91 Å². The molecule has 1 aromatic carbocycles. The molecule has 0 bridgehead atoms. The summed E-state index contributed by atoms with van der Waals surface area (Å²) in [5, 5.41) is 6.00. The maximum atomic E-state index is 13.9. The van der Waals surface area contributed by atoms with Crippen LogP contribution in [-0.4, -0.2) is 25.1 Å². The van der Waals surface area contributed by atoms with Crippen molar-refractivity contribution in [1.29, 1.82) is 0 Å². The number of carbonyl (C=O) groups excluding carboxylic acids is 1. The Labute approximate surface area is 125 Å². The van der Waals surface area contributed by atoms with Crippen LogP contribution < -0.4 is 15.4 Å². The van der Waals surface area contributed by atoms with Crippen molar-refractivity contribution in [1.82, 2.24) is 10.6 Å². The molecule has 0 spiro atoms. The molecule has 2 rings (SSSR count). The fourth-order valence-corrected chi connectivity index (χ4v) is 1.87. The Kier molecular flexibility index (Phi) is 5.56. The topological polar surface area (TPSA) is 50.4 Å². The zero-order chi connectivity index (χ0) is 15.2. The van der Waals surface area contributed by atoms with Crippen LogP contribution in [0.15, 0.2) is 18.2 Å². The predicted octanol–water partition coefficient (Wildman–Crippen LogP) is 2.23. The van der Waals surface area contributed by atoms with Crippen molar-refractivity contribution in [3.05, 3.63) is 29.6 Å². The molecule has 0 saturated heterocycles. The van der Waals surface area contributed by atoms with E-state index in [1.807, 2.05) is 13.8 Å². The molecule has 1 saturated carbocycles. The van der Waals surface area contributed by atoms with E-state index < -0.39 is 5.82 Å². The molecule has 5 heteroatoms. The van der Waals surface area contributed by atoms with E-state index in [4.69, 9.17) is 4.74 Å². The Bertz CT molecular complexity index is 487. The van der Waals surface area contributed by atoms with Gasteiger partial charge < -0.3 is 15.4 Å². The highest BCUT2D eigenvalue weighted by molar-refractivity contribution is 5.77. The van der Waals surface area contributed by atoms with Gasteiger partial charge in [0.15, 0.2) is 18.2 Å². The summed E-state index contributed by atoms with van der Waals surface area (Å²) in [6.45, 7) is 5.23. The molecule has 21 heavy (non-hydrogen) atoms. The molecule has 1 fully saturated rings. The van der Waals surface area contributed by atoms with Gasteiger partial charge in [-0.1, -0.05) is 19.9 Å². The van der Waals surface area contributed by atoms with Crippen molar-refractivity contribution < 1.29 is 13.9 Å². The van der Waals surface area contributed by atoms with Crippen LogP contribution in [0.3, 0.4) is 0 Å². The van der Waals surface area contributed by atoms with Crippen molar-refractivity contribution in [3.63, 3.8) is 0 Å². The number of ether oxygens (including phenoxy) is 1. The van der Waals surface area contributed by atoms with Crippen molar-refractivity contribution in [2.45, 2.75) is 39.3 Å². The second-order valence-corrected chi connectivity index (χ2v) is 5.84. The number of benzene rings is 1. The first-order valence-corrected chi connectivity index (χ1v) is 7.46. The lowest BCUT2D eigenvalue weighted by Crippen LogP contribution is -2.30. The number of hydrogen-bond acceptors (Lipinski definition) is 3. The summed E-state index contributed by atoms with van der Waals surface area (Å²) in [6.07, 6.45) is 2.36. The molecule has 4 nitrogen and oxygen atoms in total. The van der Waals surface area contributed by atoms with Gasteiger partial charge in [0.1, 0.15) is 0 Å². The lowest BCUT2D eigenvalue weighted by atomic mass is 10.2. The third-order valence-corrected chi connectivity index (χ3v) is 3.35. The summed E-state index contributed by atoms with van der Waals surface area (Å²) < 4.78 is 19.1. The van der Waals surface area contributed by atoms with Crippen molar-refractivity contribution in [2.75, 3.05) is 13.2 Å². The zero-order valence-electron chi connectivity index (χ0n) is 12.6. The summed E-state index contributed by atoms with van der Waals surface area (Å²) in [7, 11) is 0. The molecule has 0 aromatic heterocycles. The highest BCUT2D eigenvalue weighted by Gasteiger charge is 2.21. The number of amides is 1. The largest absolute Gasteiger partial charge is 0.481 e. The van der Waals surface area contributed by atoms with Gasteiger partial charge >= 0.3 is 0 Å². The minimum absolute atomic E-state index is 0.116. The average molecular weight is 294 g/mol. The Hall–Kier alpha value is -1.62. The van der Waals surface area contributed by atoms with E-state index in [-0.39, 0.29) is 18.3 Å². The minimum Gasteiger partial charge on any atom is -0.481 e. The predicted molar refractivity (Wildman–Crippen MR) is 79.6 cm³/mol. The number of hydrogen-bond donors (Lipinski definition) is 2. The van der Waals surface area contributed by atoms with Crippen LogP contribution in [-0.2, 0) is 11.3 Å². The quantitative estimate of drug-likeness (QED) is 0.773. The van der Waals surface area contributed by atoms with Gasteiger partial charge in [0, 0.05) is 19.1 Å². The van der Waals surface area contributed by atoms with Crippen LogP contribution >= 0.6 is 0 Å². The first-order chi connectivity index (χ1) is 10.0. The van der Waals surface area contributed by atoms with Crippen LogP contribution in [0.4, 0.5) is 4.39 Å². The van der Waals surface area contributed by atoms with E-state index >= 15 is 0 Å². The van der Waals surface area contributed by atoms with Crippen LogP contribution in [0.2, 0.25) is 0 Å². The van der Waals surface area contributed by atoms with Gasteiger partial charge in [-0.3, -0.25) is 4.79 Å². The molecule has 1 aromatic rings. The van der Waals surface area contributed by atoms with Crippen LogP contribution in [0, 0.1) is 11.7 Å². The SMILES string of the molecule is CC(C)NCc1ccc(OCC(=O)NCC2CC2)c(F)c1. The monoisotopic (exact) mass is 294 g/mol. The summed E-state index contributed by atoms with van der Waals surface area (Å²) in [4.78, 5) is 11.5. The number of halogens is 1. The molecular formula is C16H23FN2O2. The summed E-state index contributed by atoms with van der Waals surface area (Å²) >= 11 is 0. The van der Waals surface area contributed by atoms with Crippen molar-refractivity contribution in [2.24, 2.45) is 5.92 Å². The Morgan fingerprint density at radius 3 is 2.81 bits per heavy atom. The average Bonchev–Trinajstić information content (AvgIpc) is 3.26. The second-order valence-electron chi connectivity index (χ2n) is 5.84. The van der Waals surface area contributed by atoms with Crippen LogP contribution in [0.1, 0.15) is 32.3 Å². The Balaban J connectivity index is 1.78. The lowest BCUT2D eigenvalue weighted by molar-refractivity contribution is -0.123. The summed E-state index contributed by atoms with van der Waals surface area (Å²) in [5.41, 5.74) is 0.853. The molecule has 1 aliphatic rings. The first-order valence-electron chi connectivity index (χ1n) is 7.46. The van der Waals surface area contributed by atoms with E-state index in [1.165, 1.54) is 18.9 Å². The van der Waals surface area contributed by atoms with E-state index in [1.54, 1.807) is 12.1 Å². The molecule has 116 valence electrons. The smallest absolute Gasteiger partial charge is 0.257 e. The summed E-state index contributed by atoms with van der Waals surface area (Å²) in [6, 6.07) is 5.16. The zero-order valence-corrected chi connectivity index (χ0v) is 12.6. The lowest BCUT2D eigenvalue weighted by Gasteiger charge is -2.11. The van der Waals surface area contributed by atoms with Gasteiger partial charge in [0.2, 0.25) is 0 Å². The number of carbonyl (C=O) groups is 1. The molecule has 0 unspecified atom stereocenters. The van der Waals surface area contributed by atoms with E-state index in [2.05, 4.69) is 10.6 Å². The molecule has 1 aliphatic carbocycles. The molecule has 0 radical (unpaired) electrons. The molecule has 0 aliphatic heterocycles. The molecular weight excluding hydrogens is 271 g/mol. The third-order valence-electron chi connectivity index (χ3n) is 3.35. The maximum absolute atomic E-state index is 13.9. The maximum Gasteiger partial charge on any atom is 0.257 e. The molecule has 0 heterocycles. The number of rotatable bonds is 8. The standard InChI is InChI=1S/C16H23FN2O2/c1-11(2)18-9-13-5-6-15(14(17)7-13)21-10-16(20)19-8-12-3-4-12/h5-7,11-12,18H,3-4,8-10H2,1-2H3,(H,19,20). The normalized spacial score (nSPS) is 14.3. The fraction of sp³-hybridized carbons (Fsp3) is 0.562. The number of nitrogens with one attached hydrogen (secondary N) is 2. The van der Waals surface area contributed by atoms with E-state index in [0.29, 0.717) is 25.0 Å². The molecule has 1 amide bonds. The molecule has 0 atom stereocenters. The second kappa shape index (κ2) is 7.41. The van der Waals surface area contributed by atoms with Gasteiger partial charge in [0.05, 0.1) is 0 Å². The van der Waals surface area contributed by atoms with E-state index in [9.17, 15) is 9.18 Å². The minimum atomic E-state index is -0.437. The highest BCUT2D eigenvalue weighted by atomic mass is 19.1. The fourth-order valence-electron chi connectivity index (χ4n) is 1.87. The van der Waals surface area contributed by atoms with Gasteiger partial charge in [-0.05, 0) is 36.5 Å². The Morgan fingerprint density at radius 1 is 1.43 bits per heavy atom.